The minimum Gasteiger partial charge on any atom is -0.507 e. The van der Waals surface area contributed by atoms with E-state index >= 15 is 0 Å². The van der Waals surface area contributed by atoms with Crippen LogP contribution < -0.4 is 4.74 Å². The van der Waals surface area contributed by atoms with E-state index in [-0.39, 0.29) is 16.7 Å². The molecule has 3 aromatic carbocycles. The van der Waals surface area contributed by atoms with Gasteiger partial charge in [0.2, 0.25) is 0 Å². The molecule has 1 fully saturated rings. The molecule has 0 spiro atoms. The van der Waals surface area contributed by atoms with E-state index in [0.29, 0.717) is 30.9 Å². The fourth-order valence-electron chi connectivity index (χ4n) is 5.23. The molecular weight excluding hydrogens is 488 g/mol. The van der Waals surface area contributed by atoms with Crippen molar-refractivity contribution in [2.75, 3.05) is 13.2 Å². The van der Waals surface area contributed by atoms with Crippen molar-refractivity contribution in [3.63, 3.8) is 0 Å². The number of aliphatic hydroxyl groups excluding tert-OH is 1. The number of benzene rings is 3. The number of nitrogens with one attached hydrogen (secondary N) is 1. The minimum atomic E-state index is -0.698. The second-order valence-electron chi connectivity index (χ2n) is 10.9. The van der Waals surface area contributed by atoms with E-state index in [1.807, 2.05) is 61.7 Å². The van der Waals surface area contributed by atoms with Gasteiger partial charge in [0.15, 0.2) is 0 Å². The summed E-state index contributed by atoms with van der Waals surface area (Å²) in [4.78, 5) is 31.7. The number of nitrogens with zero attached hydrogens (tertiary/aromatic N) is 1. The van der Waals surface area contributed by atoms with Crippen LogP contribution in [-0.2, 0) is 21.4 Å². The zero-order valence-electron chi connectivity index (χ0n) is 22.8. The number of carbonyl (C=O) groups excluding carboxylic acids is 2. The lowest BCUT2D eigenvalue weighted by Crippen LogP contribution is -2.31. The van der Waals surface area contributed by atoms with E-state index in [4.69, 9.17) is 4.74 Å². The standard InChI is InChI=1S/C33H34N2O4/c1-5-39-25-16-12-22(13-17-25)30(36)28-29(21-10-14-24(15-11-21)33(2,3)4)35(32(38)31(28)37)19-18-23-20-34-27-9-7-6-8-26(23)27/h6-17,20,29,34,36H,5,18-19H2,1-4H3/t29-/m0/s1. The van der Waals surface area contributed by atoms with Gasteiger partial charge >= 0.3 is 0 Å². The molecular formula is C33H34N2O4. The van der Waals surface area contributed by atoms with Gasteiger partial charge in [-0.25, -0.2) is 0 Å². The Morgan fingerprint density at radius 1 is 0.974 bits per heavy atom. The van der Waals surface area contributed by atoms with Gasteiger partial charge in [0, 0.05) is 29.2 Å². The molecule has 0 aliphatic carbocycles. The first-order valence-corrected chi connectivity index (χ1v) is 13.4. The normalized spacial score (nSPS) is 17.2. The summed E-state index contributed by atoms with van der Waals surface area (Å²) in [5, 5.41) is 12.5. The molecule has 1 atom stereocenters. The van der Waals surface area contributed by atoms with Gasteiger partial charge in [-0.1, -0.05) is 63.2 Å². The van der Waals surface area contributed by atoms with Crippen LogP contribution in [0.15, 0.2) is 84.6 Å². The molecule has 2 heterocycles. The van der Waals surface area contributed by atoms with Crippen molar-refractivity contribution in [1.29, 1.82) is 0 Å². The van der Waals surface area contributed by atoms with Crippen molar-refractivity contribution >= 4 is 28.4 Å². The largest absolute Gasteiger partial charge is 0.507 e. The van der Waals surface area contributed by atoms with Crippen molar-refractivity contribution < 1.29 is 19.4 Å². The summed E-state index contributed by atoms with van der Waals surface area (Å²) in [5.74, 6) is -0.795. The summed E-state index contributed by atoms with van der Waals surface area (Å²) in [6.07, 6.45) is 2.52. The maximum atomic E-state index is 13.4. The van der Waals surface area contributed by atoms with Crippen molar-refractivity contribution in [3.8, 4) is 5.75 Å². The second-order valence-corrected chi connectivity index (χ2v) is 10.9. The monoisotopic (exact) mass is 522 g/mol. The number of aliphatic hydroxyl groups is 1. The average Bonchev–Trinajstić information content (AvgIpc) is 3.45. The highest BCUT2D eigenvalue weighted by molar-refractivity contribution is 6.46. The van der Waals surface area contributed by atoms with E-state index in [1.54, 1.807) is 29.2 Å². The molecule has 39 heavy (non-hydrogen) atoms. The molecule has 2 N–H and O–H groups in total. The molecule has 200 valence electrons. The number of rotatable bonds is 7. The van der Waals surface area contributed by atoms with Crippen LogP contribution in [0.1, 0.15) is 56.0 Å². The van der Waals surface area contributed by atoms with Crippen LogP contribution >= 0.6 is 0 Å². The maximum absolute atomic E-state index is 13.4. The Hall–Kier alpha value is -4.32. The second kappa shape index (κ2) is 10.4. The molecule has 0 saturated carbocycles. The first-order chi connectivity index (χ1) is 18.7. The highest BCUT2D eigenvalue weighted by Gasteiger charge is 2.46. The van der Waals surface area contributed by atoms with Gasteiger partial charge in [-0.3, -0.25) is 9.59 Å². The SMILES string of the molecule is CCOc1ccc(C(O)=C2C(=O)C(=O)N(CCc3c[nH]c4ccccc34)[C@H]2c2ccc(C(C)(C)C)cc2)cc1. The zero-order chi connectivity index (χ0) is 27.7. The molecule has 1 aliphatic heterocycles. The molecule has 1 amide bonds. The molecule has 0 unspecified atom stereocenters. The molecule has 1 aromatic heterocycles. The lowest BCUT2D eigenvalue weighted by molar-refractivity contribution is -0.139. The number of Topliss-reactive ketones (excluding diaryl/α,β-unsaturated/α-hetero) is 1. The number of fused-ring (bicyclic) bond motifs is 1. The number of ketones is 1. The van der Waals surface area contributed by atoms with Crippen LogP contribution in [0.3, 0.4) is 0 Å². The fraction of sp³-hybridized carbons (Fsp3) is 0.273. The van der Waals surface area contributed by atoms with E-state index < -0.39 is 17.7 Å². The Kier molecular flexibility index (Phi) is 7.04. The van der Waals surface area contributed by atoms with Gasteiger partial charge < -0.3 is 19.7 Å². The summed E-state index contributed by atoms with van der Waals surface area (Å²) < 4.78 is 5.52. The number of H-pyrrole nitrogens is 1. The Morgan fingerprint density at radius 2 is 1.67 bits per heavy atom. The molecule has 0 bridgehead atoms. The number of carbonyl (C=O) groups is 2. The maximum Gasteiger partial charge on any atom is 0.295 e. The van der Waals surface area contributed by atoms with Gasteiger partial charge in [-0.05, 0) is 65.8 Å². The topological polar surface area (TPSA) is 82.6 Å². The number of aromatic amines is 1. The van der Waals surface area contributed by atoms with Crippen LogP contribution in [-0.4, -0.2) is 39.8 Å². The molecule has 1 aliphatic rings. The summed E-state index contributed by atoms with van der Waals surface area (Å²) in [6.45, 7) is 9.18. The minimum absolute atomic E-state index is 0.0437. The third kappa shape index (κ3) is 5.07. The first kappa shape index (κ1) is 26.3. The van der Waals surface area contributed by atoms with Gasteiger partial charge in [-0.2, -0.15) is 0 Å². The summed E-state index contributed by atoms with van der Waals surface area (Å²) >= 11 is 0. The number of likely N-dealkylation sites (tertiary alicyclic amines) is 1. The Bertz CT molecular complexity index is 1540. The highest BCUT2D eigenvalue weighted by Crippen LogP contribution is 2.40. The molecule has 5 rings (SSSR count). The molecule has 0 radical (unpaired) electrons. The van der Waals surface area contributed by atoms with Crippen LogP contribution in [0, 0.1) is 0 Å². The lowest BCUT2D eigenvalue weighted by Gasteiger charge is -2.26. The van der Waals surface area contributed by atoms with E-state index in [2.05, 4.69) is 25.8 Å². The number of amides is 1. The van der Waals surface area contributed by atoms with Gasteiger partial charge in [0.1, 0.15) is 11.5 Å². The van der Waals surface area contributed by atoms with Gasteiger partial charge in [-0.15, -0.1) is 0 Å². The van der Waals surface area contributed by atoms with Crippen molar-refractivity contribution in [3.05, 3.63) is 107 Å². The Labute approximate surface area is 228 Å². The first-order valence-electron chi connectivity index (χ1n) is 13.4. The average molecular weight is 523 g/mol. The molecule has 6 nitrogen and oxygen atoms in total. The number of hydrogen-bond acceptors (Lipinski definition) is 4. The summed E-state index contributed by atoms with van der Waals surface area (Å²) in [5.41, 5.74) is 4.55. The van der Waals surface area contributed by atoms with Gasteiger partial charge in [0.05, 0.1) is 18.2 Å². The van der Waals surface area contributed by atoms with E-state index in [1.165, 1.54) is 0 Å². The van der Waals surface area contributed by atoms with Crippen LogP contribution in [0.4, 0.5) is 0 Å². The Morgan fingerprint density at radius 3 is 2.33 bits per heavy atom. The van der Waals surface area contributed by atoms with Crippen molar-refractivity contribution in [2.24, 2.45) is 0 Å². The lowest BCUT2D eigenvalue weighted by atomic mass is 9.85. The third-order valence-electron chi connectivity index (χ3n) is 7.37. The summed E-state index contributed by atoms with van der Waals surface area (Å²) in [6, 6.07) is 22.2. The molecule has 1 saturated heterocycles. The van der Waals surface area contributed by atoms with Crippen LogP contribution in [0.25, 0.3) is 16.7 Å². The number of aromatic nitrogens is 1. The third-order valence-corrected chi connectivity index (χ3v) is 7.37. The fourth-order valence-corrected chi connectivity index (χ4v) is 5.23. The number of ether oxygens (including phenoxy) is 1. The zero-order valence-corrected chi connectivity index (χ0v) is 22.8. The molecule has 6 heteroatoms. The number of hydrogen-bond donors (Lipinski definition) is 2. The smallest absolute Gasteiger partial charge is 0.295 e. The summed E-state index contributed by atoms with van der Waals surface area (Å²) in [7, 11) is 0. The van der Waals surface area contributed by atoms with Crippen molar-refractivity contribution in [2.45, 2.75) is 45.6 Å². The van der Waals surface area contributed by atoms with Gasteiger partial charge in [0.25, 0.3) is 11.7 Å². The number of para-hydroxylation sites is 1. The quantitative estimate of drug-likeness (QED) is 0.164. The van der Waals surface area contributed by atoms with E-state index in [9.17, 15) is 14.7 Å². The highest BCUT2D eigenvalue weighted by atomic mass is 16.5. The van der Waals surface area contributed by atoms with Crippen LogP contribution in [0.5, 0.6) is 5.75 Å². The predicted octanol–water partition coefficient (Wildman–Crippen LogP) is 6.53. The predicted molar refractivity (Wildman–Crippen MR) is 154 cm³/mol. The van der Waals surface area contributed by atoms with Crippen LogP contribution in [0.2, 0.25) is 0 Å². The molecule has 4 aromatic rings. The van der Waals surface area contributed by atoms with Crippen molar-refractivity contribution in [1.82, 2.24) is 9.88 Å². The Balaban J connectivity index is 1.55. The van der Waals surface area contributed by atoms with E-state index in [0.717, 1.165) is 27.6 Å².